The van der Waals surface area contributed by atoms with Gasteiger partial charge in [0.1, 0.15) is 0 Å². The zero-order valence-electron chi connectivity index (χ0n) is 11.5. The number of nitrogens with one attached hydrogen (secondary N) is 1. The molecule has 2 saturated carbocycles. The Morgan fingerprint density at radius 3 is 2.60 bits per heavy atom. The molecule has 3 aliphatic rings. The first-order chi connectivity index (χ1) is 9.79. The third-order valence-corrected chi connectivity index (χ3v) is 5.14. The molecule has 0 radical (unpaired) electrons. The molecular formula is C16H20ClNO2. The van der Waals surface area contributed by atoms with Gasteiger partial charge in [0.05, 0.1) is 10.7 Å². The van der Waals surface area contributed by atoms with Crippen LogP contribution in [0.5, 0.6) is 11.5 Å². The summed E-state index contributed by atoms with van der Waals surface area (Å²) in [5, 5.41) is 4.35. The van der Waals surface area contributed by atoms with Crippen LogP contribution in [0, 0.1) is 11.8 Å². The standard InChI is InChI=1S/C16H20ClNO2/c17-13-7-15-16(20-9-19-15)8-14(13)18-12-3-1-2-11(6-12)10-4-5-10/h7-8,10-12,18H,1-6,9H2. The van der Waals surface area contributed by atoms with Crippen LogP contribution in [0.4, 0.5) is 5.69 Å². The van der Waals surface area contributed by atoms with Crippen molar-refractivity contribution in [2.75, 3.05) is 12.1 Å². The number of benzene rings is 1. The Hall–Kier alpha value is -1.09. The fourth-order valence-electron chi connectivity index (χ4n) is 3.60. The van der Waals surface area contributed by atoms with Gasteiger partial charge in [-0.15, -0.1) is 0 Å². The highest BCUT2D eigenvalue weighted by molar-refractivity contribution is 6.33. The van der Waals surface area contributed by atoms with Gasteiger partial charge in [0.25, 0.3) is 0 Å². The van der Waals surface area contributed by atoms with Gasteiger partial charge in [0.2, 0.25) is 6.79 Å². The second-order valence-corrected chi connectivity index (χ2v) is 6.70. The van der Waals surface area contributed by atoms with Gasteiger partial charge in [-0.3, -0.25) is 0 Å². The van der Waals surface area contributed by atoms with E-state index in [1.165, 1.54) is 38.5 Å². The van der Waals surface area contributed by atoms with E-state index < -0.39 is 0 Å². The maximum absolute atomic E-state index is 6.34. The van der Waals surface area contributed by atoms with Gasteiger partial charge in [-0.25, -0.2) is 0 Å². The fraction of sp³-hybridized carbons (Fsp3) is 0.625. The lowest BCUT2D eigenvalue weighted by molar-refractivity contribution is 0.174. The molecule has 3 nitrogen and oxygen atoms in total. The summed E-state index contributed by atoms with van der Waals surface area (Å²) in [6.07, 6.45) is 8.17. The Labute approximate surface area is 124 Å². The number of anilines is 1. The Balaban J connectivity index is 1.48. The van der Waals surface area contributed by atoms with Crippen molar-refractivity contribution in [2.24, 2.45) is 11.8 Å². The van der Waals surface area contributed by atoms with Crippen LogP contribution in [0.25, 0.3) is 0 Å². The smallest absolute Gasteiger partial charge is 0.231 e. The molecule has 1 heterocycles. The first-order valence-corrected chi connectivity index (χ1v) is 8.03. The summed E-state index contributed by atoms with van der Waals surface area (Å²) in [6.45, 7) is 0.294. The van der Waals surface area contributed by atoms with E-state index in [0.29, 0.717) is 12.8 Å². The van der Waals surface area contributed by atoms with Gasteiger partial charge in [0.15, 0.2) is 11.5 Å². The van der Waals surface area contributed by atoms with Crippen LogP contribution in [0.2, 0.25) is 5.02 Å². The summed E-state index contributed by atoms with van der Waals surface area (Å²) in [7, 11) is 0. The molecule has 2 atom stereocenters. The first-order valence-electron chi connectivity index (χ1n) is 7.65. The number of ether oxygens (including phenoxy) is 2. The van der Waals surface area contributed by atoms with E-state index in [1.807, 2.05) is 12.1 Å². The molecule has 0 aromatic heterocycles. The maximum atomic E-state index is 6.34. The molecule has 0 bridgehead atoms. The molecule has 1 aromatic carbocycles. The number of hydrogen-bond acceptors (Lipinski definition) is 3. The molecule has 1 aromatic rings. The predicted octanol–water partition coefficient (Wildman–Crippen LogP) is 4.45. The lowest BCUT2D eigenvalue weighted by atomic mass is 9.82. The molecule has 4 rings (SSSR count). The van der Waals surface area contributed by atoms with Gasteiger partial charge in [-0.2, -0.15) is 0 Å². The van der Waals surface area contributed by atoms with Crippen LogP contribution in [0.1, 0.15) is 38.5 Å². The topological polar surface area (TPSA) is 30.5 Å². The monoisotopic (exact) mass is 293 g/mol. The normalized spacial score (nSPS) is 28.4. The van der Waals surface area contributed by atoms with Crippen molar-refractivity contribution in [1.82, 2.24) is 0 Å². The van der Waals surface area contributed by atoms with Gasteiger partial charge < -0.3 is 14.8 Å². The third-order valence-electron chi connectivity index (χ3n) is 4.83. The minimum Gasteiger partial charge on any atom is -0.454 e. The first kappa shape index (κ1) is 12.6. The molecule has 108 valence electrons. The van der Waals surface area contributed by atoms with Gasteiger partial charge in [-0.05, 0) is 37.5 Å². The highest BCUT2D eigenvalue weighted by atomic mass is 35.5. The number of fused-ring (bicyclic) bond motifs is 1. The van der Waals surface area contributed by atoms with Gasteiger partial charge in [0, 0.05) is 18.2 Å². The van der Waals surface area contributed by atoms with E-state index in [4.69, 9.17) is 21.1 Å². The fourth-order valence-corrected chi connectivity index (χ4v) is 3.81. The van der Waals surface area contributed by atoms with Crippen molar-refractivity contribution in [1.29, 1.82) is 0 Å². The summed E-state index contributed by atoms with van der Waals surface area (Å²) in [4.78, 5) is 0. The molecule has 4 heteroatoms. The van der Waals surface area contributed by atoms with Crippen LogP contribution in [0.3, 0.4) is 0 Å². The van der Waals surface area contributed by atoms with Crippen LogP contribution < -0.4 is 14.8 Å². The highest BCUT2D eigenvalue weighted by Gasteiger charge is 2.34. The Kier molecular flexibility index (Phi) is 3.18. The molecule has 0 saturated heterocycles. The van der Waals surface area contributed by atoms with Crippen molar-refractivity contribution < 1.29 is 9.47 Å². The van der Waals surface area contributed by atoms with E-state index in [-0.39, 0.29) is 0 Å². The number of rotatable bonds is 3. The van der Waals surface area contributed by atoms with Crippen LogP contribution in [-0.4, -0.2) is 12.8 Å². The lowest BCUT2D eigenvalue weighted by Gasteiger charge is -2.30. The average Bonchev–Trinajstić information content (AvgIpc) is 3.21. The predicted molar refractivity (Wildman–Crippen MR) is 79.7 cm³/mol. The maximum Gasteiger partial charge on any atom is 0.231 e. The molecule has 20 heavy (non-hydrogen) atoms. The SMILES string of the molecule is Clc1cc2c(cc1NC1CCCC(C3CC3)C1)OCO2. The van der Waals surface area contributed by atoms with E-state index in [0.717, 1.165) is 34.0 Å². The van der Waals surface area contributed by atoms with E-state index >= 15 is 0 Å². The van der Waals surface area contributed by atoms with Gasteiger partial charge in [-0.1, -0.05) is 24.4 Å². The third kappa shape index (κ3) is 2.44. The highest BCUT2D eigenvalue weighted by Crippen LogP contribution is 2.45. The zero-order valence-corrected chi connectivity index (χ0v) is 12.3. The van der Waals surface area contributed by atoms with E-state index in [1.54, 1.807) is 0 Å². The molecule has 1 aliphatic heterocycles. The van der Waals surface area contributed by atoms with Crippen LogP contribution >= 0.6 is 11.6 Å². The van der Waals surface area contributed by atoms with Crippen molar-refractivity contribution >= 4 is 17.3 Å². The Morgan fingerprint density at radius 1 is 1.00 bits per heavy atom. The molecule has 0 spiro atoms. The summed E-state index contributed by atoms with van der Waals surface area (Å²) in [5.74, 6) is 3.48. The van der Waals surface area contributed by atoms with Crippen molar-refractivity contribution in [3.8, 4) is 11.5 Å². The number of hydrogen-bond donors (Lipinski definition) is 1. The minimum atomic E-state index is 0.294. The molecule has 2 fully saturated rings. The largest absolute Gasteiger partial charge is 0.454 e. The summed E-state index contributed by atoms with van der Waals surface area (Å²) in [5.41, 5.74) is 0.984. The Morgan fingerprint density at radius 2 is 1.80 bits per heavy atom. The number of halogens is 1. The second kappa shape index (κ2) is 5.03. The van der Waals surface area contributed by atoms with Crippen molar-refractivity contribution in [2.45, 2.75) is 44.6 Å². The second-order valence-electron chi connectivity index (χ2n) is 6.29. The van der Waals surface area contributed by atoms with Crippen LogP contribution in [-0.2, 0) is 0 Å². The summed E-state index contributed by atoms with van der Waals surface area (Å²) in [6, 6.07) is 4.38. The lowest BCUT2D eigenvalue weighted by Crippen LogP contribution is -2.28. The van der Waals surface area contributed by atoms with Gasteiger partial charge >= 0.3 is 0 Å². The average molecular weight is 294 g/mol. The quantitative estimate of drug-likeness (QED) is 0.893. The summed E-state index contributed by atoms with van der Waals surface area (Å²) < 4.78 is 10.8. The van der Waals surface area contributed by atoms with Crippen molar-refractivity contribution in [3.05, 3.63) is 17.2 Å². The summed E-state index contributed by atoms with van der Waals surface area (Å²) >= 11 is 6.34. The van der Waals surface area contributed by atoms with E-state index in [9.17, 15) is 0 Å². The molecule has 2 aliphatic carbocycles. The molecule has 2 unspecified atom stereocenters. The van der Waals surface area contributed by atoms with E-state index in [2.05, 4.69) is 5.32 Å². The van der Waals surface area contributed by atoms with Crippen LogP contribution in [0.15, 0.2) is 12.1 Å². The Bertz CT molecular complexity index is 515. The minimum absolute atomic E-state index is 0.294. The molecule has 1 N–H and O–H groups in total. The van der Waals surface area contributed by atoms with Crippen molar-refractivity contribution in [3.63, 3.8) is 0 Å². The molecule has 0 amide bonds. The molecular weight excluding hydrogens is 274 g/mol. The zero-order chi connectivity index (χ0) is 13.5.